The van der Waals surface area contributed by atoms with Crippen molar-refractivity contribution in [1.82, 2.24) is 5.43 Å². The lowest BCUT2D eigenvalue weighted by molar-refractivity contribution is -0.119. The predicted octanol–water partition coefficient (Wildman–Crippen LogP) is 4.85. The van der Waals surface area contributed by atoms with E-state index >= 15 is 0 Å². The van der Waals surface area contributed by atoms with E-state index in [1.165, 1.54) is 37.4 Å². The summed E-state index contributed by atoms with van der Waals surface area (Å²) in [6.07, 6.45) is 0. The first-order valence-corrected chi connectivity index (χ1v) is 12.3. The lowest BCUT2D eigenvalue weighted by atomic mass is 10.1. The molecule has 0 aliphatic heterocycles. The predicted molar refractivity (Wildman–Crippen MR) is 133 cm³/mol. The molecule has 0 aliphatic rings. The molecule has 0 saturated carbocycles. The van der Waals surface area contributed by atoms with Crippen molar-refractivity contribution < 1.29 is 17.9 Å². The van der Waals surface area contributed by atoms with Gasteiger partial charge in [-0.1, -0.05) is 45.7 Å². The maximum absolute atomic E-state index is 13.4. The van der Waals surface area contributed by atoms with Gasteiger partial charge in [-0.3, -0.25) is 9.10 Å². The molecule has 0 heterocycles. The number of nitrogens with one attached hydrogen (secondary N) is 1. The van der Waals surface area contributed by atoms with E-state index in [2.05, 4.69) is 26.5 Å². The summed E-state index contributed by atoms with van der Waals surface area (Å²) < 4.78 is 33.8. The first kappa shape index (κ1) is 24.8. The third kappa shape index (κ3) is 6.34. The maximum Gasteiger partial charge on any atom is 0.264 e. The van der Waals surface area contributed by atoms with Crippen LogP contribution >= 0.6 is 27.5 Å². The minimum atomic E-state index is -4.08. The van der Waals surface area contributed by atoms with E-state index < -0.39 is 22.5 Å². The summed E-state index contributed by atoms with van der Waals surface area (Å²) in [7, 11) is -2.59. The lowest BCUT2D eigenvalue weighted by Gasteiger charge is -2.24. The Bertz CT molecular complexity index is 1280. The number of hydrazone groups is 1. The molecule has 0 aliphatic carbocycles. The van der Waals surface area contributed by atoms with Crippen LogP contribution in [0.4, 0.5) is 5.69 Å². The number of carbonyl (C=O) groups excluding carboxylic acids is 1. The molecule has 0 bridgehead atoms. The Morgan fingerprint density at radius 1 is 1.09 bits per heavy atom. The summed E-state index contributed by atoms with van der Waals surface area (Å²) in [5, 5.41) is 4.45. The highest BCUT2D eigenvalue weighted by Crippen LogP contribution is 2.27. The van der Waals surface area contributed by atoms with Crippen molar-refractivity contribution in [2.24, 2.45) is 5.10 Å². The van der Waals surface area contributed by atoms with Crippen molar-refractivity contribution >= 4 is 54.9 Å². The zero-order valence-corrected chi connectivity index (χ0v) is 21.0. The fraction of sp³-hybridized carbons (Fsp3) is 0.130. The van der Waals surface area contributed by atoms with Gasteiger partial charge in [0.05, 0.1) is 23.4 Å². The molecule has 3 aromatic rings. The van der Waals surface area contributed by atoms with Crippen LogP contribution in [-0.4, -0.2) is 33.7 Å². The number of hydrogen-bond acceptors (Lipinski definition) is 5. The molecule has 0 spiro atoms. The second-order valence-electron chi connectivity index (χ2n) is 6.91. The van der Waals surface area contributed by atoms with Gasteiger partial charge in [-0.15, -0.1) is 0 Å². The van der Waals surface area contributed by atoms with Crippen molar-refractivity contribution in [3.8, 4) is 5.75 Å². The molecule has 3 aromatic carbocycles. The first-order chi connectivity index (χ1) is 15.7. The number of amides is 1. The molecule has 172 valence electrons. The van der Waals surface area contributed by atoms with Gasteiger partial charge in [-0.25, -0.2) is 13.8 Å². The van der Waals surface area contributed by atoms with Crippen molar-refractivity contribution in [2.75, 3.05) is 18.0 Å². The fourth-order valence-corrected chi connectivity index (χ4v) is 4.91. The fourth-order valence-electron chi connectivity index (χ4n) is 2.91. The Morgan fingerprint density at radius 2 is 1.79 bits per heavy atom. The third-order valence-electron chi connectivity index (χ3n) is 4.62. The number of carbonyl (C=O) groups is 1. The zero-order valence-electron chi connectivity index (χ0n) is 17.8. The van der Waals surface area contributed by atoms with Crippen molar-refractivity contribution in [3.05, 3.63) is 87.9 Å². The van der Waals surface area contributed by atoms with E-state index in [-0.39, 0.29) is 10.6 Å². The molecule has 0 unspecified atom stereocenters. The average molecular weight is 551 g/mol. The Balaban J connectivity index is 1.88. The number of ether oxygens (including phenoxy) is 1. The van der Waals surface area contributed by atoms with Crippen LogP contribution in [0.15, 0.2) is 87.3 Å². The zero-order chi connectivity index (χ0) is 24.0. The van der Waals surface area contributed by atoms with Crippen LogP contribution in [-0.2, 0) is 14.8 Å². The quantitative estimate of drug-likeness (QED) is 0.321. The van der Waals surface area contributed by atoms with Crippen LogP contribution in [0, 0.1) is 0 Å². The molecule has 0 aromatic heterocycles. The lowest BCUT2D eigenvalue weighted by Crippen LogP contribution is -2.39. The highest BCUT2D eigenvalue weighted by atomic mass is 79.9. The molecular weight excluding hydrogens is 530 g/mol. The summed E-state index contributed by atoms with van der Waals surface area (Å²) in [6.45, 7) is 1.24. The van der Waals surface area contributed by atoms with Gasteiger partial charge in [0, 0.05) is 9.50 Å². The highest BCUT2D eigenvalue weighted by Gasteiger charge is 2.27. The number of hydrogen-bond donors (Lipinski definition) is 1. The van der Waals surface area contributed by atoms with Crippen LogP contribution in [0.3, 0.4) is 0 Å². The Kier molecular flexibility index (Phi) is 8.12. The summed E-state index contributed by atoms with van der Waals surface area (Å²) in [6, 6.07) is 19.6. The van der Waals surface area contributed by atoms with Crippen LogP contribution in [0.25, 0.3) is 0 Å². The van der Waals surface area contributed by atoms with Gasteiger partial charge in [-0.2, -0.15) is 5.10 Å². The number of methoxy groups -OCH3 is 1. The molecule has 10 heteroatoms. The summed E-state index contributed by atoms with van der Waals surface area (Å²) in [5.41, 5.74) is 4.06. The van der Waals surface area contributed by atoms with Gasteiger partial charge in [0.25, 0.3) is 15.9 Å². The van der Waals surface area contributed by atoms with Crippen molar-refractivity contribution in [2.45, 2.75) is 11.8 Å². The van der Waals surface area contributed by atoms with E-state index in [0.29, 0.717) is 16.5 Å². The van der Waals surface area contributed by atoms with Gasteiger partial charge in [-0.05, 0) is 67.1 Å². The molecule has 1 N–H and O–H groups in total. The molecule has 3 rings (SSSR count). The van der Waals surface area contributed by atoms with Crippen LogP contribution in [0.2, 0.25) is 5.02 Å². The largest absolute Gasteiger partial charge is 0.497 e. The maximum atomic E-state index is 13.4. The third-order valence-corrected chi connectivity index (χ3v) is 7.14. The smallest absolute Gasteiger partial charge is 0.264 e. The van der Waals surface area contributed by atoms with E-state index in [9.17, 15) is 13.2 Å². The molecule has 0 atom stereocenters. The van der Waals surface area contributed by atoms with Crippen molar-refractivity contribution in [1.29, 1.82) is 0 Å². The number of anilines is 1. The average Bonchev–Trinajstić information content (AvgIpc) is 2.81. The number of benzene rings is 3. The monoisotopic (exact) mass is 549 g/mol. The van der Waals surface area contributed by atoms with Gasteiger partial charge >= 0.3 is 0 Å². The van der Waals surface area contributed by atoms with Crippen molar-refractivity contribution in [3.63, 3.8) is 0 Å². The summed E-state index contributed by atoms with van der Waals surface area (Å²) in [4.78, 5) is 12.7. The molecule has 7 nitrogen and oxygen atoms in total. The standard InChI is InChI=1S/C23H21BrClN3O4S/c1-16(17-5-3-6-18(24)13-17)26-27-23(29)15-28(20-8-4-7-19(25)14-20)33(30,31)22-11-9-21(32-2)10-12-22/h3-14H,15H2,1-2H3,(H,27,29)/b26-16-. The van der Waals surface area contributed by atoms with Gasteiger partial charge < -0.3 is 4.74 Å². The SMILES string of the molecule is COc1ccc(S(=O)(=O)N(CC(=O)N/N=C(/C)c2cccc(Br)c2)c2cccc(Cl)c2)cc1. The molecule has 1 amide bonds. The van der Waals surface area contributed by atoms with Crippen LogP contribution < -0.4 is 14.5 Å². The van der Waals surface area contributed by atoms with Gasteiger partial charge in [0.2, 0.25) is 0 Å². The van der Waals surface area contributed by atoms with Crippen LogP contribution in [0.5, 0.6) is 5.75 Å². The molecule has 33 heavy (non-hydrogen) atoms. The number of rotatable bonds is 8. The minimum absolute atomic E-state index is 0.00453. The molecule has 0 fully saturated rings. The molecule has 0 radical (unpaired) electrons. The number of halogens is 2. The molecule has 0 saturated heterocycles. The summed E-state index contributed by atoms with van der Waals surface area (Å²) in [5.74, 6) is -0.0974. The normalized spacial score (nSPS) is 11.7. The summed E-state index contributed by atoms with van der Waals surface area (Å²) >= 11 is 9.47. The van der Waals surface area contributed by atoms with E-state index in [4.69, 9.17) is 16.3 Å². The molecular formula is C23H21BrClN3O4S. The number of sulfonamides is 1. The Hall–Kier alpha value is -2.88. The van der Waals surface area contributed by atoms with Gasteiger partial charge in [0.1, 0.15) is 12.3 Å². The Morgan fingerprint density at radius 3 is 2.42 bits per heavy atom. The second-order valence-corrected chi connectivity index (χ2v) is 10.1. The van der Waals surface area contributed by atoms with Gasteiger partial charge in [0.15, 0.2) is 0 Å². The highest BCUT2D eigenvalue weighted by molar-refractivity contribution is 9.10. The minimum Gasteiger partial charge on any atom is -0.497 e. The first-order valence-electron chi connectivity index (χ1n) is 9.72. The topological polar surface area (TPSA) is 88.1 Å². The second kappa shape index (κ2) is 10.8. The van der Waals surface area contributed by atoms with E-state index in [1.54, 1.807) is 25.1 Å². The number of nitrogens with zero attached hydrogens (tertiary/aromatic N) is 2. The van der Waals surface area contributed by atoms with E-state index in [1.807, 2.05) is 24.3 Å². The van der Waals surface area contributed by atoms with E-state index in [0.717, 1.165) is 14.3 Å². The Labute approximate surface area is 206 Å². The van der Waals surface area contributed by atoms with Crippen LogP contribution in [0.1, 0.15) is 12.5 Å².